The van der Waals surface area contributed by atoms with E-state index in [1.165, 1.54) is 4.90 Å². The molecule has 0 aliphatic carbocycles. The van der Waals surface area contributed by atoms with Crippen LogP contribution in [0.5, 0.6) is 0 Å². The standard InChI is InChI=1S/C34H35ClFN3O4S/c1-25(2)22-37-34(41)32(21-26-9-5-3-6-10-26)38(23-27-13-15-28(35)16-14-27)33(40)24-39(30-11-7-4-8-12-30)44(42,43)31-19-17-29(36)18-20-31/h3-20,25,32H,21-24H2,1-2H3,(H,37,41)/t32-/m1/s1. The molecule has 4 rings (SSSR count). The molecule has 44 heavy (non-hydrogen) atoms. The van der Waals surface area contributed by atoms with Gasteiger partial charge in [0.2, 0.25) is 11.8 Å². The van der Waals surface area contributed by atoms with E-state index in [0.717, 1.165) is 34.1 Å². The molecule has 1 N–H and O–H groups in total. The van der Waals surface area contributed by atoms with Crippen molar-refractivity contribution in [2.24, 2.45) is 5.92 Å². The number of hydrogen-bond acceptors (Lipinski definition) is 4. The summed E-state index contributed by atoms with van der Waals surface area (Å²) < 4.78 is 42.5. The first-order valence-electron chi connectivity index (χ1n) is 14.2. The Bertz CT molecular complexity index is 1640. The third kappa shape index (κ3) is 8.67. The van der Waals surface area contributed by atoms with E-state index in [0.29, 0.717) is 17.1 Å². The average Bonchev–Trinajstić information content (AvgIpc) is 3.02. The SMILES string of the molecule is CC(C)CNC(=O)[C@@H](Cc1ccccc1)N(Cc1ccc(Cl)cc1)C(=O)CN(c1ccccc1)S(=O)(=O)c1ccc(F)cc1. The molecule has 0 saturated carbocycles. The number of benzene rings is 4. The van der Waals surface area contributed by atoms with E-state index in [1.807, 2.05) is 44.2 Å². The third-order valence-corrected chi connectivity index (χ3v) is 8.99. The highest BCUT2D eigenvalue weighted by molar-refractivity contribution is 7.92. The van der Waals surface area contributed by atoms with Crippen LogP contribution in [0, 0.1) is 11.7 Å². The molecule has 7 nitrogen and oxygen atoms in total. The van der Waals surface area contributed by atoms with E-state index < -0.39 is 34.3 Å². The summed E-state index contributed by atoms with van der Waals surface area (Å²) in [6.45, 7) is 3.78. The van der Waals surface area contributed by atoms with Gasteiger partial charge in [-0.05, 0) is 65.6 Å². The minimum atomic E-state index is -4.30. The van der Waals surface area contributed by atoms with Crippen LogP contribution in [0.3, 0.4) is 0 Å². The predicted octanol–water partition coefficient (Wildman–Crippen LogP) is 6.09. The van der Waals surface area contributed by atoms with Gasteiger partial charge in [-0.25, -0.2) is 12.8 Å². The number of halogens is 2. The zero-order valence-corrected chi connectivity index (χ0v) is 26.1. The van der Waals surface area contributed by atoms with E-state index in [9.17, 15) is 22.4 Å². The lowest BCUT2D eigenvalue weighted by atomic mass is 10.0. The van der Waals surface area contributed by atoms with Gasteiger partial charge in [0.05, 0.1) is 10.6 Å². The van der Waals surface area contributed by atoms with Crippen molar-refractivity contribution in [2.75, 3.05) is 17.4 Å². The van der Waals surface area contributed by atoms with Gasteiger partial charge in [0.15, 0.2) is 0 Å². The van der Waals surface area contributed by atoms with Crippen molar-refractivity contribution in [3.05, 3.63) is 131 Å². The number of sulfonamides is 1. The molecule has 0 saturated heterocycles. The van der Waals surface area contributed by atoms with Crippen LogP contribution in [-0.2, 0) is 32.6 Å². The lowest BCUT2D eigenvalue weighted by Crippen LogP contribution is -2.53. The van der Waals surface area contributed by atoms with Gasteiger partial charge in [0.25, 0.3) is 10.0 Å². The Labute approximate surface area is 263 Å². The molecule has 0 fully saturated rings. The summed E-state index contributed by atoms with van der Waals surface area (Å²) in [7, 11) is -4.30. The smallest absolute Gasteiger partial charge is 0.264 e. The third-order valence-electron chi connectivity index (χ3n) is 6.95. The summed E-state index contributed by atoms with van der Waals surface area (Å²) in [4.78, 5) is 29.4. The van der Waals surface area contributed by atoms with E-state index in [1.54, 1.807) is 54.6 Å². The Morgan fingerprint density at radius 2 is 1.41 bits per heavy atom. The Kier molecular flexibility index (Phi) is 11.1. The molecule has 0 radical (unpaired) electrons. The Balaban J connectivity index is 1.77. The van der Waals surface area contributed by atoms with Crippen LogP contribution < -0.4 is 9.62 Å². The fraction of sp³-hybridized carbons (Fsp3) is 0.235. The van der Waals surface area contributed by atoms with Gasteiger partial charge in [-0.3, -0.25) is 13.9 Å². The summed E-state index contributed by atoms with van der Waals surface area (Å²) in [5.74, 6) is -1.35. The highest BCUT2D eigenvalue weighted by Gasteiger charge is 2.34. The van der Waals surface area contributed by atoms with Gasteiger partial charge in [0, 0.05) is 24.5 Å². The molecule has 0 aromatic heterocycles. The second kappa shape index (κ2) is 15.0. The van der Waals surface area contributed by atoms with Crippen molar-refractivity contribution < 1.29 is 22.4 Å². The number of anilines is 1. The number of para-hydroxylation sites is 1. The van der Waals surface area contributed by atoms with Crippen LogP contribution in [0.25, 0.3) is 0 Å². The van der Waals surface area contributed by atoms with Gasteiger partial charge in [-0.1, -0.05) is 86.1 Å². The zero-order chi connectivity index (χ0) is 31.7. The highest BCUT2D eigenvalue weighted by atomic mass is 35.5. The Morgan fingerprint density at radius 3 is 2.00 bits per heavy atom. The lowest BCUT2D eigenvalue weighted by molar-refractivity contribution is -0.140. The topological polar surface area (TPSA) is 86.8 Å². The fourth-order valence-electron chi connectivity index (χ4n) is 4.62. The van der Waals surface area contributed by atoms with E-state index in [2.05, 4.69) is 5.32 Å². The van der Waals surface area contributed by atoms with E-state index >= 15 is 0 Å². The van der Waals surface area contributed by atoms with Gasteiger partial charge >= 0.3 is 0 Å². The first kappa shape index (κ1) is 32.7. The summed E-state index contributed by atoms with van der Waals surface area (Å²) in [5.41, 5.74) is 1.80. The maximum absolute atomic E-state index is 14.4. The number of nitrogens with one attached hydrogen (secondary N) is 1. The quantitative estimate of drug-likeness (QED) is 0.193. The largest absolute Gasteiger partial charge is 0.354 e. The van der Waals surface area contributed by atoms with Gasteiger partial charge in [-0.15, -0.1) is 0 Å². The minimum Gasteiger partial charge on any atom is -0.354 e. The summed E-state index contributed by atoms with van der Waals surface area (Å²) >= 11 is 6.12. The molecule has 0 spiro atoms. The Hall–Kier alpha value is -4.21. The van der Waals surface area contributed by atoms with Gasteiger partial charge < -0.3 is 10.2 Å². The fourth-order valence-corrected chi connectivity index (χ4v) is 6.16. The average molecular weight is 636 g/mol. The second-order valence-corrected chi connectivity index (χ2v) is 13.1. The molecule has 1 atom stereocenters. The van der Waals surface area contributed by atoms with Crippen molar-refractivity contribution in [2.45, 2.75) is 37.8 Å². The predicted molar refractivity (Wildman–Crippen MR) is 171 cm³/mol. The molecule has 230 valence electrons. The first-order valence-corrected chi connectivity index (χ1v) is 16.1. The molecule has 0 unspecified atom stereocenters. The molecular weight excluding hydrogens is 601 g/mol. The van der Waals surface area contributed by atoms with E-state index in [-0.39, 0.29) is 35.4 Å². The van der Waals surface area contributed by atoms with Crippen molar-refractivity contribution in [3.8, 4) is 0 Å². The summed E-state index contributed by atoms with van der Waals surface area (Å²) in [5, 5.41) is 3.47. The number of rotatable bonds is 13. The van der Waals surface area contributed by atoms with Gasteiger partial charge in [-0.2, -0.15) is 0 Å². The maximum Gasteiger partial charge on any atom is 0.264 e. The molecule has 4 aromatic carbocycles. The van der Waals surface area contributed by atoms with Crippen molar-refractivity contribution >= 4 is 39.1 Å². The van der Waals surface area contributed by atoms with E-state index in [4.69, 9.17) is 11.6 Å². The minimum absolute atomic E-state index is 0.0296. The molecule has 0 aliphatic heterocycles. The van der Waals surface area contributed by atoms with Crippen LogP contribution in [0.4, 0.5) is 10.1 Å². The van der Waals surface area contributed by atoms with Crippen LogP contribution in [-0.4, -0.2) is 44.3 Å². The number of amides is 2. The maximum atomic E-state index is 14.4. The van der Waals surface area contributed by atoms with Crippen LogP contribution in [0.1, 0.15) is 25.0 Å². The van der Waals surface area contributed by atoms with Crippen LogP contribution >= 0.6 is 11.6 Å². The molecule has 0 aliphatic rings. The number of carbonyl (C=O) groups excluding carboxylic acids is 2. The molecule has 10 heteroatoms. The molecule has 0 heterocycles. The van der Waals surface area contributed by atoms with Crippen molar-refractivity contribution in [3.63, 3.8) is 0 Å². The number of hydrogen-bond donors (Lipinski definition) is 1. The Morgan fingerprint density at radius 1 is 0.818 bits per heavy atom. The summed E-state index contributed by atoms with van der Waals surface area (Å²) in [6, 6.07) is 27.9. The molecule has 2 amide bonds. The second-order valence-electron chi connectivity index (χ2n) is 10.8. The number of carbonyl (C=O) groups is 2. The van der Waals surface area contributed by atoms with Crippen LogP contribution in [0.2, 0.25) is 5.02 Å². The molecule has 4 aromatic rings. The van der Waals surface area contributed by atoms with Crippen molar-refractivity contribution in [1.82, 2.24) is 10.2 Å². The van der Waals surface area contributed by atoms with Crippen molar-refractivity contribution in [1.29, 1.82) is 0 Å². The monoisotopic (exact) mass is 635 g/mol. The molecular formula is C34H35ClFN3O4S. The molecule has 0 bridgehead atoms. The highest BCUT2D eigenvalue weighted by Crippen LogP contribution is 2.25. The normalized spacial score (nSPS) is 12.0. The zero-order valence-electron chi connectivity index (χ0n) is 24.6. The number of nitrogens with zero attached hydrogens (tertiary/aromatic N) is 2. The summed E-state index contributed by atoms with van der Waals surface area (Å²) in [6.07, 6.45) is 0.208. The first-order chi connectivity index (χ1) is 21.0. The lowest BCUT2D eigenvalue weighted by Gasteiger charge is -2.34. The van der Waals surface area contributed by atoms with Crippen LogP contribution in [0.15, 0.2) is 114 Å². The van der Waals surface area contributed by atoms with Gasteiger partial charge in [0.1, 0.15) is 18.4 Å².